The van der Waals surface area contributed by atoms with Crippen molar-refractivity contribution in [2.75, 3.05) is 11.5 Å². The van der Waals surface area contributed by atoms with Crippen molar-refractivity contribution in [3.63, 3.8) is 0 Å². The van der Waals surface area contributed by atoms with E-state index in [0.29, 0.717) is 5.75 Å². The van der Waals surface area contributed by atoms with Gasteiger partial charge in [0.05, 0.1) is 0 Å². The molecule has 0 amide bonds. The van der Waals surface area contributed by atoms with E-state index in [9.17, 15) is 14.4 Å². The first-order valence-corrected chi connectivity index (χ1v) is 9.54. The fraction of sp³-hybridized carbons (Fsp3) is 0.800. The molecule has 0 N–H and O–H groups in total. The lowest BCUT2D eigenvalue weighted by atomic mass is 9.93. The van der Waals surface area contributed by atoms with Gasteiger partial charge in [-0.25, -0.2) is 0 Å². The Kier molecular flexibility index (Phi) is 8.42. The van der Waals surface area contributed by atoms with Gasteiger partial charge in [-0.2, -0.15) is 0 Å². The van der Waals surface area contributed by atoms with Gasteiger partial charge in [0, 0.05) is 32.4 Å². The first-order valence-electron chi connectivity index (χ1n) is 7.51. The molecule has 1 rings (SSSR count). The molecule has 1 aliphatic heterocycles. The van der Waals surface area contributed by atoms with E-state index >= 15 is 0 Å². The quantitative estimate of drug-likeness (QED) is 0.664. The van der Waals surface area contributed by atoms with Gasteiger partial charge in [-0.1, -0.05) is 25.6 Å². The third kappa shape index (κ3) is 6.35. The summed E-state index contributed by atoms with van der Waals surface area (Å²) < 4.78 is 16.8. The summed E-state index contributed by atoms with van der Waals surface area (Å²) in [5.41, 5.74) is -0.186. The molecule has 0 bridgehead atoms. The Morgan fingerprint density at radius 2 is 1.61 bits per heavy atom. The average Bonchev–Trinajstić information content (AvgIpc) is 2.43. The van der Waals surface area contributed by atoms with E-state index in [0.717, 1.165) is 17.5 Å². The molecule has 1 fully saturated rings. The molecule has 0 radical (unpaired) electrons. The zero-order valence-electron chi connectivity index (χ0n) is 14.1. The van der Waals surface area contributed by atoms with Crippen LogP contribution < -0.4 is 0 Å². The molecule has 1 heterocycles. The SMILES string of the molecule is CCS[C@@H]1OC(CSC(C)=O)[C@H](OC(C)=O)[C@H](OC(C)=O)C1C. The van der Waals surface area contributed by atoms with E-state index in [-0.39, 0.29) is 16.5 Å². The molecule has 0 aromatic rings. The van der Waals surface area contributed by atoms with Crippen LogP contribution in [0.15, 0.2) is 0 Å². The molecular weight excluding hydrogens is 340 g/mol. The largest absolute Gasteiger partial charge is 0.458 e. The molecule has 8 heteroatoms. The lowest BCUT2D eigenvalue weighted by Crippen LogP contribution is -2.56. The van der Waals surface area contributed by atoms with Crippen molar-refractivity contribution in [2.45, 2.75) is 58.4 Å². The van der Waals surface area contributed by atoms with Crippen molar-refractivity contribution in [3.05, 3.63) is 0 Å². The van der Waals surface area contributed by atoms with Crippen molar-refractivity contribution in [3.8, 4) is 0 Å². The highest BCUT2D eigenvalue weighted by atomic mass is 32.2. The highest BCUT2D eigenvalue weighted by molar-refractivity contribution is 8.13. The summed E-state index contributed by atoms with van der Waals surface area (Å²) in [6, 6.07) is 0. The molecule has 0 aromatic heterocycles. The van der Waals surface area contributed by atoms with Gasteiger partial charge >= 0.3 is 11.9 Å². The molecule has 0 aromatic carbocycles. The van der Waals surface area contributed by atoms with E-state index in [1.54, 1.807) is 11.8 Å². The molecule has 132 valence electrons. The summed E-state index contributed by atoms with van der Waals surface area (Å²) in [5.74, 6) is 0.152. The van der Waals surface area contributed by atoms with E-state index < -0.39 is 30.3 Å². The monoisotopic (exact) mass is 364 g/mol. The van der Waals surface area contributed by atoms with Gasteiger partial charge in [-0.3, -0.25) is 14.4 Å². The number of hydrogen-bond donors (Lipinski definition) is 0. The Balaban J connectivity index is 3.02. The van der Waals surface area contributed by atoms with Gasteiger partial charge in [0.2, 0.25) is 0 Å². The average molecular weight is 364 g/mol. The van der Waals surface area contributed by atoms with Crippen molar-refractivity contribution in [1.29, 1.82) is 0 Å². The minimum absolute atomic E-state index is 0.0440. The van der Waals surface area contributed by atoms with Crippen LogP contribution in [-0.4, -0.2) is 52.3 Å². The van der Waals surface area contributed by atoms with Gasteiger partial charge in [-0.15, -0.1) is 11.8 Å². The third-order valence-electron chi connectivity index (χ3n) is 3.33. The number of carbonyl (C=O) groups excluding carboxylic acids is 3. The maximum absolute atomic E-state index is 11.5. The Morgan fingerprint density at radius 3 is 2.09 bits per heavy atom. The fourth-order valence-electron chi connectivity index (χ4n) is 2.43. The topological polar surface area (TPSA) is 78.9 Å². The highest BCUT2D eigenvalue weighted by Gasteiger charge is 2.47. The second-order valence-electron chi connectivity index (χ2n) is 5.31. The van der Waals surface area contributed by atoms with Crippen LogP contribution in [0.2, 0.25) is 0 Å². The third-order valence-corrected chi connectivity index (χ3v) is 5.44. The van der Waals surface area contributed by atoms with Crippen molar-refractivity contribution in [2.24, 2.45) is 5.92 Å². The Bertz CT molecular complexity index is 442. The van der Waals surface area contributed by atoms with Crippen molar-refractivity contribution in [1.82, 2.24) is 0 Å². The van der Waals surface area contributed by atoms with Gasteiger partial charge in [0.15, 0.2) is 11.2 Å². The van der Waals surface area contributed by atoms with Crippen molar-refractivity contribution >= 4 is 40.6 Å². The predicted octanol–water partition coefficient (Wildman–Crippen LogP) is 2.24. The number of esters is 2. The molecule has 0 saturated carbocycles. The zero-order chi connectivity index (χ0) is 17.6. The van der Waals surface area contributed by atoms with Crippen LogP contribution in [-0.2, 0) is 28.6 Å². The Labute approximate surface area is 145 Å². The summed E-state index contributed by atoms with van der Waals surface area (Å²) >= 11 is 2.71. The number of carbonyl (C=O) groups is 3. The van der Waals surface area contributed by atoms with Crippen LogP contribution in [0.5, 0.6) is 0 Å². The molecule has 0 spiro atoms. The number of ether oxygens (including phenoxy) is 3. The van der Waals surface area contributed by atoms with Crippen LogP contribution in [0.25, 0.3) is 0 Å². The molecule has 1 aliphatic rings. The van der Waals surface area contributed by atoms with Gasteiger partial charge in [0.25, 0.3) is 0 Å². The molecule has 1 saturated heterocycles. The van der Waals surface area contributed by atoms with Crippen LogP contribution in [0, 0.1) is 5.92 Å². The number of hydrogen-bond acceptors (Lipinski definition) is 8. The Hall–Kier alpha value is -0.730. The van der Waals surface area contributed by atoms with Crippen LogP contribution in [0.3, 0.4) is 0 Å². The minimum Gasteiger partial charge on any atom is -0.458 e. The van der Waals surface area contributed by atoms with E-state index in [1.165, 1.54) is 20.8 Å². The van der Waals surface area contributed by atoms with Gasteiger partial charge in [0.1, 0.15) is 17.6 Å². The predicted molar refractivity (Wildman–Crippen MR) is 90.2 cm³/mol. The summed E-state index contributed by atoms with van der Waals surface area (Å²) in [7, 11) is 0. The second-order valence-corrected chi connectivity index (χ2v) is 7.88. The van der Waals surface area contributed by atoms with E-state index in [2.05, 4.69) is 0 Å². The lowest BCUT2D eigenvalue weighted by Gasteiger charge is -2.44. The maximum atomic E-state index is 11.5. The minimum atomic E-state index is -0.716. The lowest BCUT2D eigenvalue weighted by molar-refractivity contribution is -0.206. The Morgan fingerprint density at radius 1 is 1.04 bits per heavy atom. The number of thioether (sulfide) groups is 2. The maximum Gasteiger partial charge on any atom is 0.303 e. The van der Waals surface area contributed by atoms with Gasteiger partial charge < -0.3 is 14.2 Å². The van der Waals surface area contributed by atoms with Crippen LogP contribution in [0.1, 0.15) is 34.6 Å². The zero-order valence-corrected chi connectivity index (χ0v) is 15.7. The fourth-order valence-corrected chi connectivity index (χ4v) is 4.10. The molecule has 0 aliphatic carbocycles. The summed E-state index contributed by atoms with van der Waals surface area (Å²) in [6.07, 6.45) is -1.81. The summed E-state index contributed by atoms with van der Waals surface area (Å²) in [4.78, 5) is 34.2. The smallest absolute Gasteiger partial charge is 0.303 e. The van der Waals surface area contributed by atoms with E-state index in [1.807, 2.05) is 13.8 Å². The second kappa shape index (κ2) is 9.54. The van der Waals surface area contributed by atoms with Crippen LogP contribution >= 0.6 is 23.5 Å². The highest BCUT2D eigenvalue weighted by Crippen LogP contribution is 2.36. The first kappa shape index (κ1) is 20.3. The summed E-state index contributed by atoms with van der Waals surface area (Å²) in [5, 5.41) is -0.0440. The molecule has 6 nitrogen and oxygen atoms in total. The van der Waals surface area contributed by atoms with Gasteiger partial charge in [-0.05, 0) is 5.75 Å². The standard InChI is InChI=1S/C15H24O6S2/c1-6-22-15-8(2)13(19-9(3)16)14(20-10(4)17)12(21-15)7-23-11(5)18/h8,12-15H,6-7H2,1-5H3/t8?,12?,13-,14+,15+/m1/s1. The molecule has 23 heavy (non-hydrogen) atoms. The normalized spacial score (nSPS) is 30.6. The van der Waals surface area contributed by atoms with Crippen molar-refractivity contribution < 1.29 is 28.6 Å². The molecular formula is C15H24O6S2. The van der Waals surface area contributed by atoms with E-state index in [4.69, 9.17) is 14.2 Å². The number of rotatable bonds is 6. The van der Waals surface area contributed by atoms with Crippen LogP contribution in [0.4, 0.5) is 0 Å². The summed E-state index contributed by atoms with van der Waals surface area (Å²) in [6.45, 7) is 8.02. The molecule has 5 atom stereocenters. The molecule has 2 unspecified atom stereocenters. The first-order chi connectivity index (χ1) is 10.8.